The Kier molecular flexibility index (Phi) is 12.0. The molecular formula is C25H37N3O6S2. The number of rotatable bonds is 2. The summed E-state index contributed by atoms with van der Waals surface area (Å²) in [5.74, 6) is -2.60. The Morgan fingerprint density at radius 2 is 1.69 bits per heavy atom. The van der Waals surface area contributed by atoms with Crippen LogP contribution in [0.3, 0.4) is 0 Å². The van der Waals surface area contributed by atoms with Crippen LogP contribution in [0.4, 0.5) is 0 Å². The number of carbonyl (C=O) groups excluding carboxylic acids is 5. The topological polar surface area (TPSA) is 131 Å². The van der Waals surface area contributed by atoms with Gasteiger partial charge in [-0.05, 0) is 31.3 Å². The van der Waals surface area contributed by atoms with Crippen LogP contribution in [-0.2, 0) is 28.7 Å². The molecule has 2 aliphatic rings. The van der Waals surface area contributed by atoms with Crippen LogP contribution in [-0.4, -0.2) is 59.2 Å². The molecule has 0 unspecified atom stereocenters. The molecule has 36 heavy (non-hydrogen) atoms. The number of nitrogens with one attached hydrogen (secondary N) is 3. The van der Waals surface area contributed by atoms with Crippen molar-refractivity contribution in [1.29, 1.82) is 0 Å². The second-order valence-electron chi connectivity index (χ2n) is 9.54. The van der Waals surface area contributed by atoms with Crippen molar-refractivity contribution >= 4 is 51.1 Å². The third-order valence-electron chi connectivity index (χ3n) is 5.95. The largest absolute Gasteiger partial charge is 0.456 e. The minimum atomic E-state index is -0.982. The lowest BCUT2D eigenvalue weighted by Gasteiger charge is -2.27. The van der Waals surface area contributed by atoms with Gasteiger partial charge in [0.05, 0.1) is 0 Å². The fourth-order valence-electron chi connectivity index (χ4n) is 3.75. The molecule has 200 valence electrons. The number of allylic oxidation sites excluding steroid dienone is 2. The van der Waals surface area contributed by atoms with Gasteiger partial charge in [0, 0.05) is 30.3 Å². The summed E-state index contributed by atoms with van der Waals surface area (Å²) in [4.78, 5) is 65.4. The summed E-state index contributed by atoms with van der Waals surface area (Å²) < 4.78 is 5.69. The molecule has 3 N–H and O–H groups in total. The summed E-state index contributed by atoms with van der Waals surface area (Å²) in [6.45, 7) is 8.82. The molecule has 0 aromatic rings. The number of Topliss-reactive ketones (excluding diaryl/α,β-unsaturated/α-hetero) is 1. The maximum atomic E-state index is 13.2. The molecule has 0 radical (unpaired) electrons. The van der Waals surface area contributed by atoms with Gasteiger partial charge in [0.25, 0.3) is 5.91 Å². The van der Waals surface area contributed by atoms with E-state index in [0.717, 1.165) is 5.75 Å². The van der Waals surface area contributed by atoms with Crippen LogP contribution in [0.25, 0.3) is 0 Å². The molecule has 4 atom stereocenters. The predicted octanol–water partition coefficient (Wildman–Crippen LogP) is 2.52. The van der Waals surface area contributed by atoms with E-state index in [2.05, 4.69) is 16.0 Å². The van der Waals surface area contributed by atoms with Crippen LogP contribution in [0.2, 0.25) is 0 Å². The molecule has 0 aromatic heterocycles. The number of hydrogen-bond donors (Lipinski definition) is 3. The lowest BCUT2D eigenvalue weighted by Crippen LogP contribution is -2.53. The van der Waals surface area contributed by atoms with E-state index in [1.54, 1.807) is 37.6 Å². The van der Waals surface area contributed by atoms with Gasteiger partial charge in [0.2, 0.25) is 11.8 Å². The van der Waals surface area contributed by atoms with E-state index in [0.29, 0.717) is 6.42 Å². The van der Waals surface area contributed by atoms with Gasteiger partial charge >= 0.3 is 5.97 Å². The average molecular weight is 540 g/mol. The maximum absolute atomic E-state index is 13.2. The predicted molar refractivity (Wildman–Crippen MR) is 142 cm³/mol. The summed E-state index contributed by atoms with van der Waals surface area (Å²) in [5.41, 5.74) is -0.0289. The van der Waals surface area contributed by atoms with Gasteiger partial charge < -0.3 is 20.7 Å². The van der Waals surface area contributed by atoms with E-state index >= 15 is 0 Å². The highest BCUT2D eigenvalue weighted by molar-refractivity contribution is 8.76. The highest BCUT2D eigenvalue weighted by Crippen LogP contribution is 2.25. The van der Waals surface area contributed by atoms with Gasteiger partial charge in [-0.2, -0.15) is 0 Å². The van der Waals surface area contributed by atoms with Crippen LogP contribution in [0.15, 0.2) is 23.9 Å². The Morgan fingerprint density at radius 3 is 2.33 bits per heavy atom. The van der Waals surface area contributed by atoms with E-state index in [4.69, 9.17) is 4.74 Å². The van der Waals surface area contributed by atoms with Gasteiger partial charge in [-0.15, -0.1) is 0 Å². The molecule has 2 aliphatic heterocycles. The Morgan fingerprint density at radius 1 is 0.972 bits per heavy atom. The second kappa shape index (κ2) is 14.5. The molecule has 1 fully saturated rings. The minimum absolute atomic E-state index is 0.0289. The summed E-state index contributed by atoms with van der Waals surface area (Å²) >= 11 is 0. The fraction of sp³-hybridized carbons (Fsp3) is 0.640. The zero-order chi connectivity index (χ0) is 26.8. The molecule has 11 heteroatoms. The highest BCUT2D eigenvalue weighted by atomic mass is 33.1. The molecule has 3 amide bonds. The number of fused-ring (bicyclic) bond motifs is 7. The van der Waals surface area contributed by atoms with Crippen LogP contribution in [0.1, 0.15) is 53.9 Å². The minimum Gasteiger partial charge on any atom is -0.456 e. The van der Waals surface area contributed by atoms with Crippen molar-refractivity contribution < 1.29 is 28.7 Å². The third kappa shape index (κ3) is 8.99. The molecule has 2 bridgehead atoms. The van der Waals surface area contributed by atoms with Crippen molar-refractivity contribution in [1.82, 2.24) is 16.0 Å². The first-order valence-electron chi connectivity index (χ1n) is 12.2. The number of esters is 1. The van der Waals surface area contributed by atoms with Crippen molar-refractivity contribution in [2.45, 2.75) is 72.1 Å². The number of amides is 3. The lowest BCUT2D eigenvalue weighted by molar-refractivity contribution is -0.153. The smallest absolute Gasteiger partial charge is 0.329 e. The van der Waals surface area contributed by atoms with E-state index in [-0.39, 0.29) is 41.9 Å². The molecule has 0 aromatic carbocycles. The molecule has 1 saturated heterocycles. The normalized spacial score (nSPS) is 29.9. The molecule has 0 spiro atoms. The SMILES string of the molecule is C/C=C1\NC(=O)[C@H]2CSSCC/C=C/[C@H](CC(=O)C[C@H](C(C)C)C(=O)N2)OC(=O)[C@H](C(C)C)NC1=O. The molecule has 9 nitrogen and oxygen atoms in total. The number of carbonyl (C=O) groups is 5. The van der Waals surface area contributed by atoms with Gasteiger partial charge in [-0.3, -0.25) is 19.2 Å². The van der Waals surface area contributed by atoms with E-state index < -0.39 is 47.8 Å². The molecule has 0 saturated carbocycles. The summed E-state index contributed by atoms with van der Waals surface area (Å²) in [7, 11) is 2.98. The van der Waals surface area contributed by atoms with E-state index in [1.165, 1.54) is 16.9 Å². The standard InChI is InChI=1S/C25H37N3O6S2/c1-6-19-23(31)28-21(15(4)5)25(33)34-17-9-7-8-10-35-36-13-20(24(32)26-19)27-22(30)18(14(2)3)12-16(29)11-17/h6-7,9,14-15,17-18,20-21H,8,10-13H2,1-5H3,(H,26,32)(H,27,30)(H,28,31)/b9-7+,19-6-/t17-,18-,20-,21+/m1/s1. The van der Waals surface area contributed by atoms with Gasteiger partial charge in [0.15, 0.2) is 0 Å². The van der Waals surface area contributed by atoms with Crippen molar-refractivity contribution in [3.05, 3.63) is 23.9 Å². The Labute approximate surface area is 220 Å². The molecular weight excluding hydrogens is 502 g/mol. The van der Waals surface area contributed by atoms with Crippen molar-refractivity contribution in [2.24, 2.45) is 17.8 Å². The number of hydrogen-bond acceptors (Lipinski definition) is 8. The Bertz CT molecular complexity index is 902. The van der Waals surface area contributed by atoms with Crippen LogP contribution in [0, 0.1) is 17.8 Å². The first kappa shape index (κ1) is 30.0. The average Bonchev–Trinajstić information content (AvgIpc) is 2.81. The van der Waals surface area contributed by atoms with Crippen LogP contribution in [0.5, 0.6) is 0 Å². The number of ether oxygens (including phenoxy) is 1. The first-order chi connectivity index (χ1) is 17.0. The molecule has 0 aliphatic carbocycles. The van der Waals surface area contributed by atoms with Crippen LogP contribution >= 0.6 is 21.6 Å². The highest BCUT2D eigenvalue weighted by Gasteiger charge is 2.33. The zero-order valence-corrected chi connectivity index (χ0v) is 23.1. The zero-order valence-electron chi connectivity index (χ0n) is 21.5. The first-order valence-corrected chi connectivity index (χ1v) is 14.7. The molecule has 2 heterocycles. The Hall–Kier alpha value is -2.27. The van der Waals surface area contributed by atoms with Gasteiger partial charge in [-0.1, -0.05) is 61.4 Å². The van der Waals surface area contributed by atoms with E-state index in [1.807, 2.05) is 19.9 Å². The lowest BCUT2D eigenvalue weighted by atomic mass is 9.88. The summed E-state index contributed by atoms with van der Waals surface area (Å²) in [6, 6.07) is -1.90. The van der Waals surface area contributed by atoms with Gasteiger partial charge in [-0.25, -0.2) is 4.79 Å². The van der Waals surface area contributed by atoms with Crippen molar-refractivity contribution in [3.8, 4) is 0 Å². The summed E-state index contributed by atoms with van der Waals surface area (Å²) in [6.07, 6.45) is 4.75. The van der Waals surface area contributed by atoms with Crippen molar-refractivity contribution in [2.75, 3.05) is 11.5 Å². The quantitative estimate of drug-likeness (QED) is 0.211. The monoisotopic (exact) mass is 539 g/mol. The van der Waals surface area contributed by atoms with Gasteiger partial charge in [0.1, 0.15) is 29.7 Å². The van der Waals surface area contributed by atoms with Crippen molar-refractivity contribution in [3.63, 3.8) is 0 Å². The van der Waals surface area contributed by atoms with E-state index in [9.17, 15) is 24.0 Å². The number of ketones is 1. The third-order valence-corrected chi connectivity index (χ3v) is 8.40. The maximum Gasteiger partial charge on any atom is 0.329 e. The summed E-state index contributed by atoms with van der Waals surface area (Å²) in [5, 5.41) is 8.05. The molecule has 2 rings (SSSR count). The second-order valence-corrected chi connectivity index (χ2v) is 12.2. The fourth-order valence-corrected chi connectivity index (χ4v) is 5.91. The Balaban J connectivity index is 2.55. The van der Waals surface area contributed by atoms with Crippen LogP contribution < -0.4 is 16.0 Å².